The molecule has 0 aliphatic rings. The molecule has 0 saturated heterocycles. The highest BCUT2D eigenvalue weighted by molar-refractivity contribution is 9.10. The Balaban J connectivity index is 2.19. The first-order valence-electron chi connectivity index (χ1n) is 5.59. The normalized spacial score (nSPS) is 10.8. The minimum atomic E-state index is 0.755. The molecule has 2 heterocycles. The fourth-order valence-electron chi connectivity index (χ4n) is 1.91. The summed E-state index contributed by atoms with van der Waals surface area (Å²) in [6.45, 7) is 1.89. The van der Waals surface area contributed by atoms with Gasteiger partial charge >= 0.3 is 0 Å². The second kappa shape index (κ2) is 4.46. The van der Waals surface area contributed by atoms with E-state index in [1.165, 1.54) is 0 Å². The number of aromatic nitrogens is 3. The maximum absolute atomic E-state index is 4.45. The largest absolute Gasteiger partial charge is 0.256 e. The Hall–Kier alpha value is -1.81. The molecule has 0 aliphatic carbocycles. The first-order chi connectivity index (χ1) is 8.72. The molecule has 0 aliphatic heterocycles. The van der Waals surface area contributed by atoms with E-state index in [2.05, 4.69) is 43.0 Å². The zero-order chi connectivity index (χ0) is 12.5. The van der Waals surface area contributed by atoms with Gasteiger partial charge in [-0.1, -0.05) is 12.1 Å². The molecule has 0 fully saturated rings. The molecule has 0 unspecified atom stereocenters. The fraction of sp³-hybridized carbons (Fsp3) is 0.0714. The molecule has 0 N–H and O–H groups in total. The van der Waals surface area contributed by atoms with Crippen molar-refractivity contribution in [3.63, 3.8) is 0 Å². The molecule has 18 heavy (non-hydrogen) atoms. The first kappa shape index (κ1) is 11.3. The van der Waals surface area contributed by atoms with Gasteiger partial charge in [0.05, 0.1) is 11.2 Å². The van der Waals surface area contributed by atoms with Crippen molar-refractivity contribution in [1.29, 1.82) is 0 Å². The average molecular weight is 300 g/mol. The van der Waals surface area contributed by atoms with Crippen molar-refractivity contribution in [2.75, 3.05) is 0 Å². The zero-order valence-electron chi connectivity index (χ0n) is 9.76. The third kappa shape index (κ3) is 2.11. The van der Waals surface area contributed by atoms with Crippen molar-refractivity contribution in [3.05, 3.63) is 53.0 Å². The number of fused-ring (bicyclic) bond motifs is 1. The lowest BCUT2D eigenvalue weighted by Gasteiger charge is -2.04. The maximum atomic E-state index is 4.45. The van der Waals surface area contributed by atoms with E-state index in [1.807, 2.05) is 31.2 Å². The Morgan fingerprint density at radius 3 is 2.78 bits per heavy atom. The molecular weight excluding hydrogens is 290 g/mol. The summed E-state index contributed by atoms with van der Waals surface area (Å²) < 4.78 is 0.802. The van der Waals surface area contributed by atoms with Gasteiger partial charge in [0.1, 0.15) is 10.4 Å². The summed E-state index contributed by atoms with van der Waals surface area (Å²) >= 11 is 3.40. The summed E-state index contributed by atoms with van der Waals surface area (Å²) in [7, 11) is 0. The number of rotatable bonds is 1. The van der Waals surface area contributed by atoms with Crippen LogP contribution in [0.4, 0.5) is 0 Å². The standard InChI is InChI=1S/C14H10BrN3/c1-9-17-13(8-14(15)18-9)11-4-5-12-10(7-11)3-2-6-16-12/h2-8H,1H3. The molecule has 0 bridgehead atoms. The van der Waals surface area contributed by atoms with Gasteiger partial charge in [0.15, 0.2) is 0 Å². The van der Waals surface area contributed by atoms with Gasteiger partial charge in [-0.3, -0.25) is 4.98 Å². The van der Waals surface area contributed by atoms with Crippen LogP contribution in [0.2, 0.25) is 0 Å². The van der Waals surface area contributed by atoms with Crippen molar-refractivity contribution in [1.82, 2.24) is 15.0 Å². The second-order valence-electron chi connectivity index (χ2n) is 4.03. The third-order valence-corrected chi connectivity index (χ3v) is 3.11. The third-order valence-electron chi connectivity index (χ3n) is 2.71. The lowest BCUT2D eigenvalue weighted by atomic mass is 10.1. The maximum Gasteiger partial charge on any atom is 0.127 e. The smallest absolute Gasteiger partial charge is 0.127 e. The predicted molar refractivity (Wildman–Crippen MR) is 75.2 cm³/mol. The van der Waals surface area contributed by atoms with Crippen LogP contribution >= 0.6 is 15.9 Å². The summed E-state index contributed by atoms with van der Waals surface area (Å²) in [6, 6.07) is 12.0. The van der Waals surface area contributed by atoms with Gasteiger partial charge in [0.2, 0.25) is 0 Å². The van der Waals surface area contributed by atoms with Crippen molar-refractivity contribution >= 4 is 26.8 Å². The van der Waals surface area contributed by atoms with Crippen LogP contribution in [-0.2, 0) is 0 Å². The highest BCUT2D eigenvalue weighted by Gasteiger charge is 2.04. The van der Waals surface area contributed by atoms with Crippen molar-refractivity contribution in [3.8, 4) is 11.3 Å². The van der Waals surface area contributed by atoms with Gasteiger partial charge in [-0.05, 0) is 47.1 Å². The summed E-state index contributed by atoms with van der Waals surface area (Å²) in [6.07, 6.45) is 1.80. The van der Waals surface area contributed by atoms with Crippen LogP contribution < -0.4 is 0 Å². The van der Waals surface area contributed by atoms with Gasteiger partial charge in [0, 0.05) is 17.1 Å². The average Bonchev–Trinajstić information content (AvgIpc) is 2.37. The number of aryl methyl sites for hydroxylation is 1. The Bertz CT molecular complexity index is 705. The van der Waals surface area contributed by atoms with Crippen LogP contribution in [-0.4, -0.2) is 15.0 Å². The van der Waals surface area contributed by atoms with E-state index in [0.717, 1.165) is 32.6 Å². The fourth-order valence-corrected chi connectivity index (χ4v) is 2.39. The number of nitrogens with zero attached hydrogens (tertiary/aromatic N) is 3. The molecule has 3 aromatic rings. The summed E-state index contributed by atoms with van der Waals surface area (Å²) in [5, 5.41) is 1.11. The van der Waals surface area contributed by atoms with E-state index < -0.39 is 0 Å². The molecule has 4 heteroatoms. The minimum Gasteiger partial charge on any atom is -0.256 e. The summed E-state index contributed by atoms with van der Waals surface area (Å²) in [5.74, 6) is 0.755. The molecule has 0 atom stereocenters. The molecule has 2 aromatic heterocycles. The Kier molecular flexibility index (Phi) is 2.80. The van der Waals surface area contributed by atoms with Crippen LogP contribution in [0.15, 0.2) is 47.2 Å². The lowest BCUT2D eigenvalue weighted by Crippen LogP contribution is -1.92. The topological polar surface area (TPSA) is 38.7 Å². The summed E-state index contributed by atoms with van der Waals surface area (Å²) in [4.78, 5) is 13.0. The van der Waals surface area contributed by atoms with Crippen LogP contribution in [0.25, 0.3) is 22.2 Å². The molecule has 3 rings (SSSR count). The molecule has 0 amide bonds. The number of hydrogen-bond acceptors (Lipinski definition) is 3. The number of benzene rings is 1. The van der Waals surface area contributed by atoms with Gasteiger partial charge in [-0.2, -0.15) is 0 Å². The van der Waals surface area contributed by atoms with E-state index >= 15 is 0 Å². The van der Waals surface area contributed by atoms with Crippen molar-refractivity contribution in [2.45, 2.75) is 6.92 Å². The molecule has 3 nitrogen and oxygen atoms in total. The van der Waals surface area contributed by atoms with E-state index in [0.29, 0.717) is 0 Å². The SMILES string of the molecule is Cc1nc(Br)cc(-c2ccc3ncccc3c2)n1. The van der Waals surface area contributed by atoms with Crippen LogP contribution in [0.5, 0.6) is 0 Å². The van der Waals surface area contributed by atoms with Gasteiger partial charge in [0.25, 0.3) is 0 Å². The zero-order valence-corrected chi connectivity index (χ0v) is 11.3. The van der Waals surface area contributed by atoms with Crippen molar-refractivity contribution in [2.24, 2.45) is 0 Å². The van der Waals surface area contributed by atoms with Crippen molar-refractivity contribution < 1.29 is 0 Å². The van der Waals surface area contributed by atoms with Crippen LogP contribution in [0.3, 0.4) is 0 Å². The number of hydrogen-bond donors (Lipinski definition) is 0. The van der Waals surface area contributed by atoms with E-state index in [1.54, 1.807) is 6.20 Å². The quantitative estimate of drug-likeness (QED) is 0.642. The first-order valence-corrected chi connectivity index (χ1v) is 6.38. The minimum absolute atomic E-state index is 0.755. The highest BCUT2D eigenvalue weighted by atomic mass is 79.9. The number of pyridine rings is 1. The molecular formula is C14H10BrN3. The van der Waals surface area contributed by atoms with Gasteiger partial charge < -0.3 is 0 Å². The predicted octanol–water partition coefficient (Wildman–Crippen LogP) is 3.76. The highest BCUT2D eigenvalue weighted by Crippen LogP contribution is 2.23. The molecule has 1 aromatic carbocycles. The Labute approximate surface area is 113 Å². The second-order valence-corrected chi connectivity index (χ2v) is 4.85. The molecule has 0 saturated carbocycles. The molecule has 0 radical (unpaired) electrons. The van der Waals surface area contributed by atoms with E-state index in [4.69, 9.17) is 0 Å². The Morgan fingerprint density at radius 1 is 1.06 bits per heavy atom. The number of halogens is 1. The summed E-state index contributed by atoms with van der Waals surface area (Å²) in [5.41, 5.74) is 2.98. The van der Waals surface area contributed by atoms with Gasteiger partial charge in [-0.25, -0.2) is 9.97 Å². The monoisotopic (exact) mass is 299 g/mol. The van der Waals surface area contributed by atoms with E-state index in [9.17, 15) is 0 Å². The molecule has 88 valence electrons. The Morgan fingerprint density at radius 2 is 1.94 bits per heavy atom. The lowest BCUT2D eigenvalue weighted by molar-refractivity contribution is 1.04. The van der Waals surface area contributed by atoms with Gasteiger partial charge in [-0.15, -0.1) is 0 Å². The molecule has 0 spiro atoms. The van der Waals surface area contributed by atoms with Crippen LogP contribution in [0.1, 0.15) is 5.82 Å². The van der Waals surface area contributed by atoms with Crippen LogP contribution in [0, 0.1) is 6.92 Å². The van der Waals surface area contributed by atoms with E-state index in [-0.39, 0.29) is 0 Å².